The number of rotatable bonds is 0. The maximum absolute atomic E-state index is 2.46. The lowest BCUT2D eigenvalue weighted by molar-refractivity contribution is 0.241. The molecule has 10 rings (SSSR count). The number of benzene rings is 3. The Kier molecular flexibility index (Phi) is 14.7. The molecule has 3 aromatic carbocycles. The van der Waals surface area contributed by atoms with Crippen LogP contribution in [0.25, 0.3) is 36.5 Å². The lowest BCUT2D eigenvalue weighted by atomic mass is 9.75. The maximum Gasteiger partial charge on any atom is -0.0259 e. The lowest BCUT2D eigenvalue weighted by Crippen LogP contribution is -2.18. The fraction of sp³-hybridized carbons (Fsp3) is 0.444. The molecule has 7 aliphatic rings. The van der Waals surface area contributed by atoms with E-state index in [1.807, 2.05) is 0 Å². The predicted molar refractivity (Wildman–Crippen MR) is 238 cm³/mol. The molecule has 3 fully saturated rings. The van der Waals surface area contributed by atoms with Crippen molar-refractivity contribution in [1.82, 2.24) is 0 Å². The van der Waals surface area contributed by atoms with Crippen molar-refractivity contribution in [2.24, 2.45) is 35.5 Å². The molecular weight excluding hydrogens is 649 g/mol. The zero-order chi connectivity index (χ0) is 36.6. The summed E-state index contributed by atoms with van der Waals surface area (Å²) in [5, 5.41) is 0. The second-order valence-corrected chi connectivity index (χ2v) is 17.2. The Bertz CT molecular complexity index is 1390. The summed E-state index contributed by atoms with van der Waals surface area (Å²) in [7, 11) is 0. The van der Waals surface area contributed by atoms with Crippen molar-refractivity contribution < 1.29 is 0 Å². The molecule has 3 aromatic rings. The van der Waals surface area contributed by atoms with Gasteiger partial charge in [-0.2, -0.15) is 0 Å². The second kappa shape index (κ2) is 20.7. The van der Waals surface area contributed by atoms with Crippen LogP contribution in [-0.2, 0) is 0 Å². The summed E-state index contributed by atoms with van der Waals surface area (Å²) in [6.45, 7) is 0. The molecule has 3 saturated carbocycles. The van der Waals surface area contributed by atoms with Crippen molar-refractivity contribution in [3.63, 3.8) is 0 Å². The summed E-state index contributed by atoms with van der Waals surface area (Å²) in [4.78, 5) is 0. The van der Waals surface area contributed by atoms with E-state index in [-0.39, 0.29) is 0 Å². The van der Waals surface area contributed by atoms with Crippen molar-refractivity contribution in [3.8, 4) is 0 Å². The van der Waals surface area contributed by atoms with E-state index < -0.39 is 0 Å². The highest BCUT2D eigenvalue weighted by Crippen LogP contribution is 2.38. The normalized spacial score (nSPS) is 29.1. The first-order valence-electron chi connectivity index (χ1n) is 22.0. The zero-order valence-corrected chi connectivity index (χ0v) is 33.0. The van der Waals surface area contributed by atoms with Crippen molar-refractivity contribution in [3.05, 3.63) is 143 Å². The Balaban J connectivity index is 1.03. The average molecular weight is 715 g/mol. The Morgan fingerprint density at radius 1 is 0.222 bits per heavy atom. The highest BCUT2D eigenvalue weighted by Gasteiger charge is 2.25. The predicted octanol–water partition coefficient (Wildman–Crippen LogP) is 15.9. The molecule has 54 heavy (non-hydrogen) atoms. The van der Waals surface area contributed by atoms with E-state index >= 15 is 0 Å². The van der Waals surface area contributed by atoms with Crippen LogP contribution in [-0.4, -0.2) is 0 Å². The third-order valence-electron chi connectivity index (χ3n) is 13.5. The van der Waals surface area contributed by atoms with Gasteiger partial charge in [-0.05, 0) is 146 Å². The van der Waals surface area contributed by atoms with Gasteiger partial charge in [-0.15, -0.1) is 0 Å². The van der Waals surface area contributed by atoms with Gasteiger partial charge in [-0.1, -0.05) is 184 Å². The Hall–Kier alpha value is -3.90. The third-order valence-corrected chi connectivity index (χ3v) is 13.5. The standard InChI is InChI=1S/C54H66/c1-2-20-50-26-8-14-44-35-37-46(38-36-44)16-10-28-52-22-5-6-24-54(52)30-12-18-48-41-39-47(40-42-48)17-11-29-53-23-4-3-21-51(53)27-9-15-45-33-31-43(32-34-45)13-7-25-49(50)19-1/h7-18,31-42,49-54H,1-6,19-30H2/b13-7-,14-8?,15-9?,16-10-,17-11-,18-12?/t49-,50-,51-,52-,53-,54-/m0/s1. The van der Waals surface area contributed by atoms with Gasteiger partial charge in [0.1, 0.15) is 0 Å². The fourth-order valence-corrected chi connectivity index (χ4v) is 10.1. The topological polar surface area (TPSA) is 0 Å². The van der Waals surface area contributed by atoms with Gasteiger partial charge in [-0.25, -0.2) is 0 Å². The second-order valence-electron chi connectivity index (χ2n) is 17.2. The van der Waals surface area contributed by atoms with E-state index in [4.69, 9.17) is 0 Å². The summed E-state index contributed by atoms with van der Waals surface area (Å²) >= 11 is 0. The minimum absolute atomic E-state index is 0.798. The Morgan fingerprint density at radius 3 is 0.519 bits per heavy atom. The molecule has 0 N–H and O–H groups in total. The van der Waals surface area contributed by atoms with Crippen LogP contribution in [0.4, 0.5) is 0 Å². The Labute approximate surface area is 329 Å². The van der Waals surface area contributed by atoms with E-state index in [0.717, 1.165) is 35.5 Å². The van der Waals surface area contributed by atoms with Crippen molar-refractivity contribution in [2.75, 3.05) is 0 Å². The minimum atomic E-state index is 0.798. The SMILES string of the molecule is C1=Cc2ccc(cc2)/C=C\C[C@@H]2CCCC[C@H]2CC=Cc2ccc(cc2)/C=C\C[C@@H]2CCCC[C@H]2CC=Cc2ccc(cc2)/C=C\C[C@@H]2CCCC[C@H]2C1. The summed E-state index contributed by atoms with van der Waals surface area (Å²) in [6.07, 6.45) is 52.6. The molecule has 6 bridgehead atoms. The lowest BCUT2D eigenvalue weighted by Gasteiger charge is -2.30. The van der Waals surface area contributed by atoms with Crippen molar-refractivity contribution in [2.45, 2.75) is 116 Å². The number of hydrogen-bond donors (Lipinski definition) is 0. The zero-order valence-electron chi connectivity index (χ0n) is 33.0. The molecule has 0 spiro atoms. The van der Waals surface area contributed by atoms with Crippen molar-refractivity contribution in [1.29, 1.82) is 0 Å². The van der Waals surface area contributed by atoms with Crippen molar-refractivity contribution >= 4 is 36.5 Å². The van der Waals surface area contributed by atoms with Gasteiger partial charge < -0.3 is 0 Å². The van der Waals surface area contributed by atoms with Crippen LogP contribution in [0.2, 0.25) is 0 Å². The van der Waals surface area contributed by atoms with Gasteiger partial charge in [0.15, 0.2) is 0 Å². The fourth-order valence-electron chi connectivity index (χ4n) is 10.1. The van der Waals surface area contributed by atoms with E-state index in [1.165, 1.54) is 149 Å². The minimum Gasteiger partial charge on any atom is -0.0837 e. The van der Waals surface area contributed by atoms with Gasteiger partial charge >= 0.3 is 0 Å². The van der Waals surface area contributed by atoms with Gasteiger partial charge in [0.05, 0.1) is 0 Å². The van der Waals surface area contributed by atoms with Crippen LogP contribution < -0.4 is 0 Å². The number of allylic oxidation sites excluding steroid dienone is 6. The monoisotopic (exact) mass is 715 g/mol. The van der Waals surface area contributed by atoms with Crippen LogP contribution in [0.15, 0.2) is 109 Å². The number of hydrogen-bond acceptors (Lipinski definition) is 0. The van der Waals surface area contributed by atoms with Crippen LogP contribution in [0.5, 0.6) is 0 Å². The summed E-state index contributed by atoms with van der Waals surface area (Å²) in [5.74, 6) is 4.79. The molecule has 0 heteroatoms. The highest BCUT2D eigenvalue weighted by atomic mass is 14.3. The van der Waals surface area contributed by atoms with Gasteiger partial charge in [0.2, 0.25) is 0 Å². The molecule has 0 aliphatic heterocycles. The van der Waals surface area contributed by atoms with Crippen LogP contribution in [0.3, 0.4) is 0 Å². The van der Waals surface area contributed by atoms with Gasteiger partial charge in [0.25, 0.3) is 0 Å². The highest BCUT2D eigenvalue weighted by molar-refractivity contribution is 5.58. The largest absolute Gasteiger partial charge is 0.0837 e. The summed E-state index contributed by atoms with van der Waals surface area (Å²) in [6, 6.07) is 27.6. The smallest absolute Gasteiger partial charge is 0.0259 e. The first-order valence-corrected chi connectivity index (χ1v) is 22.0. The molecule has 0 heterocycles. The first kappa shape index (κ1) is 38.4. The van der Waals surface area contributed by atoms with E-state index in [0.29, 0.717) is 0 Å². The molecule has 0 amide bonds. The molecule has 0 aromatic heterocycles. The molecule has 0 saturated heterocycles. The quantitative estimate of drug-likeness (QED) is 0.217. The summed E-state index contributed by atoms with van der Waals surface area (Å²) in [5.41, 5.74) is 7.94. The van der Waals surface area contributed by atoms with Gasteiger partial charge in [-0.3, -0.25) is 0 Å². The van der Waals surface area contributed by atoms with Crippen LogP contribution in [0, 0.1) is 35.5 Å². The van der Waals surface area contributed by atoms with E-state index in [9.17, 15) is 0 Å². The third kappa shape index (κ3) is 11.8. The molecule has 0 unspecified atom stereocenters. The average Bonchev–Trinajstić information content (AvgIpc) is 3.21. The van der Waals surface area contributed by atoms with E-state index in [1.54, 1.807) is 0 Å². The molecule has 6 atom stereocenters. The molecule has 0 radical (unpaired) electrons. The maximum atomic E-state index is 2.46. The van der Waals surface area contributed by atoms with Crippen LogP contribution >= 0.6 is 0 Å². The molecule has 0 nitrogen and oxygen atoms in total. The number of fused-ring (bicyclic) bond motifs is 3. The summed E-state index contributed by atoms with van der Waals surface area (Å²) < 4.78 is 0. The molecule has 282 valence electrons. The Morgan fingerprint density at radius 2 is 0.370 bits per heavy atom. The first-order chi connectivity index (χ1) is 26.7. The van der Waals surface area contributed by atoms with Crippen LogP contribution in [0.1, 0.15) is 149 Å². The molecular formula is C54H66. The van der Waals surface area contributed by atoms with E-state index in [2.05, 4.69) is 146 Å². The molecule has 7 aliphatic carbocycles. The van der Waals surface area contributed by atoms with Gasteiger partial charge in [0, 0.05) is 0 Å².